The van der Waals surface area contributed by atoms with Crippen LogP contribution in [0.15, 0.2) is 24.7 Å². The highest BCUT2D eigenvalue weighted by Crippen LogP contribution is 2.28. The Morgan fingerprint density at radius 2 is 2.33 bits per heavy atom. The molecular formula is C14H20N4. The average Bonchev–Trinajstić information content (AvgIpc) is 2.93. The summed E-state index contributed by atoms with van der Waals surface area (Å²) in [4.78, 5) is 0. The lowest BCUT2D eigenvalue weighted by molar-refractivity contribution is 0.573. The van der Waals surface area contributed by atoms with Gasteiger partial charge in [-0.3, -0.25) is 4.68 Å². The Hall–Kier alpha value is -1.55. The molecule has 2 heterocycles. The molecule has 3 rings (SSSR count). The number of nitrogens with two attached hydrogens (primary N) is 1. The fourth-order valence-electron chi connectivity index (χ4n) is 2.80. The van der Waals surface area contributed by atoms with Crippen molar-refractivity contribution in [3.05, 3.63) is 41.5 Å². The van der Waals surface area contributed by atoms with Gasteiger partial charge in [-0.1, -0.05) is 0 Å². The quantitative estimate of drug-likeness (QED) is 0.895. The van der Waals surface area contributed by atoms with Crippen LogP contribution in [0.1, 0.15) is 35.7 Å². The molecule has 0 saturated heterocycles. The Bertz CT molecular complexity index is 538. The van der Waals surface area contributed by atoms with E-state index in [4.69, 9.17) is 5.73 Å². The number of hydrogen-bond donors (Lipinski definition) is 1. The molecule has 0 fully saturated rings. The lowest BCUT2D eigenvalue weighted by atomic mass is 9.92. The predicted molar refractivity (Wildman–Crippen MR) is 71.2 cm³/mol. The van der Waals surface area contributed by atoms with E-state index >= 15 is 0 Å². The molecule has 2 N–H and O–H groups in total. The lowest BCUT2D eigenvalue weighted by Crippen LogP contribution is -2.15. The van der Waals surface area contributed by atoms with Gasteiger partial charge in [-0.15, -0.1) is 0 Å². The molecule has 1 aliphatic rings. The third-order valence-corrected chi connectivity index (χ3v) is 3.91. The van der Waals surface area contributed by atoms with Crippen molar-refractivity contribution in [1.29, 1.82) is 0 Å². The van der Waals surface area contributed by atoms with Crippen LogP contribution >= 0.6 is 0 Å². The van der Waals surface area contributed by atoms with Crippen molar-refractivity contribution in [3.63, 3.8) is 0 Å². The molecule has 0 saturated carbocycles. The van der Waals surface area contributed by atoms with Gasteiger partial charge in [0.05, 0.1) is 0 Å². The van der Waals surface area contributed by atoms with Gasteiger partial charge in [0.25, 0.3) is 0 Å². The maximum absolute atomic E-state index is 6.15. The van der Waals surface area contributed by atoms with Gasteiger partial charge in [0.1, 0.15) is 0 Å². The number of hydrogen-bond acceptors (Lipinski definition) is 2. The first-order valence-corrected chi connectivity index (χ1v) is 6.65. The summed E-state index contributed by atoms with van der Waals surface area (Å²) in [5.74, 6) is 0. The van der Waals surface area contributed by atoms with E-state index in [1.807, 2.05) is 17.9 Å². The molecule has 2 aromatic rings. The van der Waals surface area contributed by atoms with Crippen molar-refractivity contribution in [2.75, 3.05) is 0 Å². The smallest absolute Gasteiger partial charge is 0.0492 e. The minimum atomic E-state index is 0.242. The summed E-state index contributed by atoms with van der Waals surface area (Å²) in [5.41, 5.74) is 10.2. The third-order valence-electron chi connectivity index (χ3n) is 3.91. The standard InChI is InChI=1S/C14H20N4/c1-17-12(5-7-16-17)6-8-18-9-11-3-2-4-14(15)13(11)10-18/h5,7,9-10,14H,2-4,6,8,15H2,1H3. The number of aromatic nitrogens is 3. The number of aryl methyl sites for hydroxylation is 4. The highest BCUT2D eigenvalue weighted by atomic mass is 15.3. The maximum atomic E-state index is 6.15. The average molecular weight is 244 g/mol. The fraction of sp³-hybridized carbons (Fsp3) is 0.500. The number of nitrogens with zero attached hydrogens (tertiary/aromatic N) is 3. The topological polar surface area (TPSA) is 48.8 Å². The summed E-state index contributed by atoms with van der Waals surface area (Å²) in [7, 11) is 1.99. The molecule has 96 valence electrons. The van der Waals surface area contributed by atoms with Crippen LogP contribution in [-0.4, -0.2) is 14.3 Å². The molecule has 0 amide bonds. The predicted octanol–water partition coefficient (Wildman–Crippen LogP) is 1.80. The second kappa shape index (κ2) is 4.61. The van der Waals surface area contributed by atoms with E-state index in [0.717, 1.165) is 19.4 Å². The van der Waals surface area contributed by atoms with Gasteiger partial charge >= 0.3 is 0 Å². The van der Waals surface area contributed by atoms with Crippen LogP contribution in [-0.2, 0) is 26.4 Å². The first kappa shape index (κ1) is 11.5. The van der Waals surface area contributed by atoms with Gasteiger partial charge in [0.2, 0.25) is 0 Å². The summed E-state index contributed by atoms with van der Waals surface area (Å²) < 4.78 is 4.22. The van der Waals surface area contributed by atoms with E-state index in [-0.39, 0.29) is 6.04 Å². The van der Waals surface area contributed by atoms with E-state index in [1.165, 1.54) is 29.7 Å². The van der Waals surface area contributed by atoms with Crippen molar-refractivity contribution in [3.8, 4) is 0 Å². The zero-order valence-electron chi connectivity index (χ0n) is 10.8. The monoisotopic (exact) mass is 244 g/mol. The molecule has 0 aromatic carbocycles. The molecule has 2 aromatic heterocycles. The second-order valence-corrected chi connectivity index (χ2v) is 5.17. The molecular weight excluding hydrogens is 224 g/mol. The Balaban J connectivity index is 1.72. The van der Waals surface area contributed by atoms with Crippen molar-refractivity contribution >= 4 is 0 Å². The zero-order valence-corrected chi connectivity index (χ0v) is 10.8. The highest BCUT2D eigenvalue weighted by molar-refractivity contribution is 5.29. The van der Waals surface area contributed by atoms with Crippen molar-refractivity contribution in [2.45, 2.75) is 38.3 Å². The van der Waals surface area contributed by atoms with Gasteiger partial charge in [-0.05, 0) is 36.5 Å². The van der Waals surface area contributed by atoms with E-state index in [1.54, 1.807) is 0 Å². The number of rotatable bonds is 3. The summed E-state index contributed by atoms with van der Waals surface area (Å²) in [6.07, 6.45) is 10.9. The van der Waals surface area contributed by atoms with Gasteiger partial charge in [0.15, 0.2) is 0 Å². The normalized spacial score (nSPS) is 18.9. The molecule has 1 aliphatic carbocycles. The van der Waals surface area contributed by atoms with Crippen LogP contribution in [0, 0.1) is 0 Å². The summed E-state index contributed by atoms with van der Waals surface area (Å²) in [5, 5.41) is 4.19. The van der Waals surface area contributed by atoms with E-state index in [2.05, 4.69) is 28.1 Å². The summed E-state index contributed by atoms with van der Waals surface area (Å²) >= 11 is 0. The van der Waals surface area contributed by atoms with Crippen LogP contribution in [0.25, 0.3) is 0 Å². The Kier molecular flexibility index (Phi) is 2.96. The van der Waals surface area contributed by atoms with Crippen molar-refractivity contribution in [1.82, 2.24) is 14.3 Å². The molecule has 1 atom stereocenters. The summed E-state index contributed by atoms with van der Waals surface area (Å²) in [6.45, 7) is 0.999. The molecule has 1 unspecified atom stereocenters. The Labute approximate surface area is 107 Å². The third kappa shape index (κ3) is 2.08. The second-order valence-electron chi connectivity index (χ2n) is 5.17. The van der Waals surface area contributed by atoms with E-state index in [9.17, 15) is 0 Å². The van der Waals surface area contributed by atoms with Crippen molar-refractivity contribution < 1.29 is 0 Å². The molecule has 0 bridgehead atoms. The van der Waals surface area contributed by atoms with Gasteiger partial charge in [0, 0.05) is 50.3 Å². The van der Waals surface area contributed by atoms with Crippen LogP contribution in [0.3, 0.4) is 0 Å². The fourth-order valence-corrected chi connectivity index (χ4v) is 2.80. The van der Waals surface area contributed by atoms with Crippen LogP contribution < -0.4 is 5.73 Å². The Morgan fingerprint density at radius 3 is 3.06 bits per heavy atom. The maximum Gasteiger partial charge on any atom is 0.0492 e. The minimum absolute atomic E-state index is 0.242. The zero-order chi connectivity index (χ0) is 12.5. The SMILES string of the molecule is Cn1nccc1CCn1cc2c(c1)C(N)CCC2. The molecule has 0 aliphatic heterocycles. The first-order valence-electron chi connectivity index (χ1n) is 6.65. The molecule has 18 heavy (non-hydrogen) atoms. The van der Waals surface area contributed by atoms with Gasteiger partial charge < -0.3 is 10.3 Å². The minimum Gasteiger partial charge on any atom is -0.353 e. The molecule has 4 nitrogen and oxygen atoms in total. The van der Waals surface area contributed by atoms with Crippen LogP contribution in [0.5, 0.6) is 0 Å². The van der Waals surface area contributed by atoms with E-state index < -0.39 is 0 Å². The summed E-state index contributed by atoms with van der Waals surface area (Å²) in [6, 6.07) is 2.32. The van der Waals surface area contributed by atoms with Crippen LogP contribution in [0.2, 0.25) is 0 Å². The molecule has 4 heteroatoms. The number of fused-ring (bicyclic) bond motifs is 1. The first-order chi connectivity index (χ1) is 8.74. The lowest BCUT2D eigenvalue weighted by Gasteiger charge is -2.17. The van der Waals surface area contributed by atoms with Crippen molar-refractivity contribution in [2.24, 2.45) is 12.8 Å². The van der Waals surface area contributed by atoms with Gasteiger partial charge in [-0.2, -0.15) is 5.10 Å². The molecule has 0 radical (unpaired) electrons. The van der Waals surface area contributed by atoms with Gasteiger partial charge in [-0.25, -0.2) is 0 Å². The largest absolute Gasteiger partial charge is 0.353 e. The highest BCUT2D eigenvalue weighted by Gasteiger charge is 2.18. The van der Waals surface area contributed by atoms with E-state index in [0.29, 0.717) is 0 Å². The van der Waals surface area contributed by atoms with Crippen LogP contribution in [0.4, 0.5) is 0 Å². The molecule has 0 spiro atoms. The Morgan fingerprint density at radius 1 is 1.44 bits per heavy atom.